The fourth-order valence-electron chi connectivity index (χ4n) is 1.98. The van der Waals surface area contributed by atoms with E-state index in [4.69, 9.17) is 0 Å². The van der Waals surface area contributed by atoms with Gasteiger partial charge in [-0.15, -0.1) is 0 Å². The number of isocyanates is 1. The van der Waals surface area contributed by atoms with Crippen LogP contribution in [0.3, 0.4) is 0 Å². The van der Waals surface area contributed by atoms with Gasteiger partial charge in [0.1, 0.15) is 0 Å². The molecule has 0 spiro atoms. The third kappa shape index (κ3) is 1.50. The van der Waals surface area contributed by atoms with Crippen LogP contribution >= 0.6 is 0 Å². The highest BCUT2D eigenvalue weighted by Crippen LogP contribution is 2.32. The minimum atomic E-state index is 0.640. The van der Waals surface area contributed by atoms with Crippen molar-refractivity contribution in [2.24, 2.45) is 4.99 Å². The van der Waals surface area contributed by atoms with Gasteiger partial charge in [-0.3, -0.25) is 0 Å². The number of hydrogen-bond acceptors (Lipinski definition) is 3. The van der Waals surface area contributed by atoms with Crippen LogP contribution in [0, 0.1) is 0 Å². The second-order valence-corrected chi connectivity index (χ2v) is 3.70. The van der Waals surface area contributed by atoms with Gasteiger partial charge in [-0.25, -0.2) is 9.78 Å². The Labute approximate surface area is 97.4 Å². The van der Waals surface area contributed by atoms with Gasteiger partial charge in [0, 0.05) is 10.8 Å². The summed E-state index contributed by atoms with van der Waals surface area (Å²) in [5.41, 5.74) is 2.31. The molecule has 0 saturated heterocycles. The topological polar surface area (TPSA) is 42.3 Å². The normalized spacial score (nSPS) is 10.4. The number of hydrogen-bond donors (Lipinski definition) is 0. The number of nitrogens with zero attached hydrogens (tertiary/aromatic N) is 2. The average molecular weight is 220 g/mol. The zero-order chi connectivity index (χ0) is 11.7. The molecular formula is C14H8N2O. The molecule has 0 aliphatic heterocycles. The first-order valence-corrected chi connectivity index (χ1v) is 5.25. The Morgan fingerprint density at radius 3 is 1.94 bits per heavy atom. The van der Waals surface area contributed by atoms with Crippen molar-refractivity contribution in [2.75, 3.05) is 0 Å². The lowest BCUT2D eigenvalue weighted by Crippen LogP contribution is -1.83. The molecule has 0 aliphatic carbocycles. The summed E-state index contributed by atoms with van der Waals surface area (Å²) in [6.45, 7) is 0. The maximum Gasteiger partial charge on any atom is 0.240 e. The predicted octanol–water partition coefficient (Wildman–Crippen LogP) is 3.36. The van der Waals surface area contributed by atoms with Crippen LogP contribution in [0.25, 0.3) is 21.8 Å². The summed E-state index contributed by atoms with van der Waals surface area (Å²) in [4.78, 5) is 18.9. The van der Waals surface area contributed by atoms with E-state index in [1.807, 2.05) is 48.5 Å². The van der Waals surface area contributed by atoms with E-state index in [0.29, 0.717) is 5.69 Å². The fourth-order valence-corrected chi connectivity index (χ4v) is 1.98. The lowest BCUT2D eigenvalue weighted by atomic mass is 10.1. The van der Waals surface area contributed by atoms with Crippen LogP contribution in [0.4, 0.5) is 5.69 Å². The number of carbonyl (C=O) groups excluding carboxylic acids is 1. The van der Waals surface area contributed by atoms with E-state index in [9.17, 15) is 4.79 Å². The van der Waals surface area contributed by atoms with Gasteiger partial charge in [0.05, 0.1) is 16.7 Å². The standard InChI is InChI=1S/C14H8N2O/c17-9-15-14-10-5-1-3-7-12(10)16-13-8-4-2-6-11(13)14/h1-8H. The summed E-state index contributed by atoms with van der Waals surface area (Å²) < 4.78 is 0. The summed E-state index contributed by atoms with van der Waals surface area (Å²) in [7, 11) is 0. The monoisotopic (exact) mass is 220 g/mol. The van der Waals surface area contributed by atoms with Crippen LogP contribution in [0.1, 0.15) is 0 Å². The van der Waals surface area contributed by atoms with E-state index in [0.717, 1.165) is 21.8 Å². The number of pyridine rings is 1. The van der Waals surface area contributed by atoms with Crippen molar-refractivity contribution >= 4 is 33.6 Å². The van der Waals surface area contributed by atoms with Crippen molar-refractivity contribution < 1.29 is 4.79 Å². The van der Waals surface area contributed by atoms with Gasteiger partial charge in [-0.1, -0.05) is 36.4 Å². The Bertz CT molecular complexity index is 704. The lowest BCUT2D eigenvalue weighted by molar-refractivity contribution is 0.565. The third-order valence-corrected chi connectivity index (χ3v) is 2.72. The van der Waals surface area contributed by atoms with Crippen molar-refractivity contribution in [3.63, 3.8) is 0 Å². The Morgan fingerprint density at radius 2 is 1.41 bits per heavy atom. The minimum absolute atomic E-state index is 0.640. The van der Waals surface area contributed by atoms with Crippen LogP contribution in [0.5, 0.6) is 0 Å². The molecule has 3 rings (SSSR count). The van der Waals surface area contributed by atoms with Crippen LogP contribution in [-0.2, 0) is 4.79 Å². The second-order valence-electron chi connectivity index (χ2n) is 3.70. The molecule has 2 aromatic carbocycles. The molecule has 0 amide bonds. The Balaban J connectivity index is 2.60. The lowest BCUT2D eigenvalue weighted by Gasteiger charge is -2.04. The van der Waals surface area contributed by atoms with Gasteiger partial charge in [0.25, 0.3) is 0 Å². The van der Waals surface area contributed by atoms with E-state index in [1.54, 1.807) is 6.08 Å². The fraction of sp³-hybridized carbons (Fsp3) is 0. The van der Waals surface area contributed by atoms with Gasteiger partial charge in [-0.05, 0) is 12.1 Å². The minimum Gasteiger partial charge on any atom is -0.248 e. The van der Waals surface area contributed by atoms with Crippen molar-refractivity contribution in [1.29, 1.82) is 0 Å². The largest absolute Gasteiger partial charge is 0.248 e. The molecule has 0 saturated carbocycles. The summed E-state index contributed by atoms with van der Waals surface area (Å²) in [5, 5.41) is 1.74. The van der Waals surface area contributed by atoms with Crippen LogP contribution in [0.15, 0.2) is 53.5 Å². The molecule has 17 heavy (non-hydrogen) atoms. The molecule has 3 aromatic rings. The molecule has 3 heteroatoms. The first-order valence-electron chi connectivity index (χ1n) is 5.25. The number of aliphatic imine (C=N–C) groups is 1. The van der Waals surface area contributed by atoms with Gasteiger partial charge in [-0.2, -0.15) is 4.99 Å². The highest BCUT2D eigenvalue weighted by molar-refractivity contribution is 6.06. The van der Waals surface area contributed by atoms with Crippen LogP contribution < -0.4 is 0 Å². The molecule has 0 aliphatic rings. The molecule has 0 fully saturated rings. The van der Waals surface area contributed by atoms with Crippen molar-refractivity contribution in [3.8, 4) is 0 Å². The molecule has 80 valence electrons. The van der Waals surface area contributed by atoms with Gasteiger partial charge < -0.3 is 0 Å². The van der Waals surface area contributed by atoms with Crippen molar-refractivity contribution in [3.05, 3.63) is 48.5 Å². The highest BCUT2D eigenvalue weighted by atomic mass is 16.1. The summed E-state index contributed by atoms with van der Waals surface area (Å²) in [5.74, 6) is 0. The molecule has 3 nitrogen and oxygen atoms in total. The van der Waals surface area contributed by atoms with E-state index >= 15 is 0 Å². The van der Waals surface area contributed by atoms with Gasteiger partial charge in [0.2, 0.25) is 6.08 Å². The molecule has 0 unspecified atom stereocenters. The molecule has 0 N–H and O–H groups in total. The maximum atomic E-state index is 10.5. The van der Waals surface area contributed by atoms with Crippen molar-refractivity contribution in [2.45, 2.75) is 0 Å². The smallest absolute Gasteiger partial charge is 0.240 e. The average Bonchev–Trinajstić information content (AvgIpc) is 2.39. The molecular weight excluding hydrogens is 212 g/mol. The Kier molecular flexibility index (Phi) is 2.18. The Morgan fingerprint density at radius 1 is 0.882 bits per heavy atom. The second kappa shape index (κ2) is 3.81. The van der Waals surface area contributed by atoms with E-state index in [1.165, 1.54) is 0 Å². The van der Waals surface area contributed by atoms with Crippen LogP contribution in [0.2, 0.25) is 0 Å². The zero-order valence-corrected chi connectivity index (χ0v) is 8.92. The number of benzene rings is 2. The summed E-state index contributed by atoms with van der Waals surface area (Å²) in [6.07, 6.45) is 1.62. The molecule has 0 bridgehead atoms. The van der Waals surface area contributed by atoms with E-state index < -0.39 is 0 Å². The zero-order valence-electron chi connectivity index (χ0n) is 8.92. The SMILES string of the molecule is O=C=Nc1c2ccccc2nc2ccccc12. The number of aromatic nitrogens is 1. The highest BCUT2D eigenvalue weighted by Gasteiger charge is 2.06. The predicted molar refractivity (Wildman–Crippen MR) is 67.0 cm³/mol. The van der Waals surface area contributed by atoms with E-state index in [-0.39, 0.29) is 0 Å². The molecule has 1 aromatic heterocycles. The molecule has 0 atom stereocenters. The Hall–Kier alpha value is -2.51. The summed E-state index contributed by atoms with van der Waals surface area (Å²) in [6, 6.07) is 15.3. The van der Waals surface area contributed by atoms with Crippen molar-refractivity contribution in [1.82, 2.24) is 4.98 Å². The van der Waals surface area contributed by atoms with Crippen LogP contribution in [-0.4, -0.2) is 11.1 Å². The molecule has 0 radical (unpaired) electrons. The maximum absolute atomic E-state index is 10.5. The first kappa shape index (κ1) is 9.70. The van der Waals surface area contributed by atoms with Gasteiger partial charge >= 0.3 is 0 Å². The number of fused-ring (bicyclic) bond motifs is 2. The quantitative estimate of drug-likeness (QED) is 0.358. The van der Waals surface area contributed by atoms with Gasteiger partial charge in [0.15, 0.2) is 0 Å². The number of para-hydroxylation sites is 2. The third-order valence-electron chi connectivity index (χ3n) is 2.72. The summed E-state index contributed by atoms with van der Waals surface area (Å²) >= 11 is 0. The molecule has 1 heterocycles. The van der Waals surface area contributed by atoms with E-state index in [2.05, 4.69) is 9.98 Å². The number of rotatable bonds is 1. The first-order chi connectivity index (χ1) is 8.40.